The predicted molar refractivity (Wildman–Crippen MR) is 52.3 cm³/mol. The maximum absolute atomic E-state index is 10.6. The Morgan fingerprint density at radius 2 is 1.75 bits per heavy atom. The summed E-state index contributed by atoms with van der Waals surface area (Å²) in [7, 11) is 0. The molecule has 0 aromatic rings. The number of carbonyl (C=O) groups excluding carboxylic acids is 1. The molecule has 72 valence electrons. The zero-order valence-electron chi connectivity index (χ0n) is 8.60. The molecule has 1 saturated heterocycles. The van der Waals surface area contributed by atoms with Crippen LogP contribution in [0.5, 0.6) is 0 Å². The van der Waals surface area contributed by atoms with Gasteiger partial charge in [0, 0.05) is 13.0 Å². The maximum atomic E-state index is 10.6. The zero-order valence-corrected chi connectivity index (χ0v) is 8.60. The highest BCUT2D eigenvalue weighted by atomic mass is 16.1. The highest BCUT2D eigenvalue weighted by molar-refractivity contribution is 5.75. The molecule has 1 rings (SSSR count). The molecule has 1 aliphatic rings. The Bertz CT molecular complexity index is 117. The van der Waals surface area contributed by atoms with E-state index < -0.39 is 0 Å². The fraction of sp³-hybridized carbons (Fsp3) is 0.900. The Labute approximate surface area is 75.9 Å². The average molecular weight is 171 g/mol. The monoisotopic (exact) mass is 171 g/mol. The normalized spacial score (nSPS) is 16.9. The number of hydrogen-bond acceptors (Lipinski definition) is 2. The van der Waals surface area contributed by atoms with Gasteiger partial charge < -0.3 is 4.90 Å². The number of Topliss-reactive ketones (excluding diaryl/α,β-unsaturated/α-hetero) is 1. The van der Waals surface area contributed by atoms with Crippen LogP contribution >= 0.6 is 0 Å². The van der Waals surface area contributed by atoms with Crippen LogP contribution < -0.4 is 0 Å². The standard InChI is InChI=1S/C8H15NO.C2H6/c1-8(10)4-7-9-5-2-3-6-9;1-2/h2-7H2,1H3;1-2H3. The molecule has 1 fully saturated rings. The summed E-state index contributed by atoms with van der Waals surface area (Å²) in [5.41, 5.74) is 0. The molecule has 1 heterocycles. The number of likely N-dealkylation sites (tertiary alicyclic amines) is 1. The minimum Gasteiger partial charge on any atom is -0.303 e. The van der Waals surface area contributed by atoms with Crippen LogP contribution in [-0.2, 0) is 4.79 Å². The van der Waals surface area contributed by atoms with Crippen LogP contribution in [0.4, 0.5) is 0 Å². The van der Waals surface area contributed by atoms with E-state index in [-0.39, 0.29) is 0 Å². The van der Waals surface area contributed by atoms with Crippen LogP contribution in [0.2, 0.25) is 0 Å². The summed E-state index contributed by atoms with van der Waals surface area (Å²) in [5.74, 6) is 0.312. The Morgan fingerprint density at radius 3 is 2.17 bits per heavy atom. The van der Waals surface area contributed by atoms with Gasteiger partial charge in [0.2, 0.25) is 0 Å². The first-order valence-electron chi connectivity index (χ1n) is 5.01. The molecule has 0 aromatic heterocycles. The van der Waals surface area contributed by atoms with Gasteiger partial charge in [0.1, 0.15) is 5.78 Å². The van der Waals surface area contributed by atoms with Gasteiger partial charge in [-0.1, -0.05) is 13.8 Å². The van der Waals surface area contributed by atoms with Gasteiger partial charge >= 0.3 is 0 Å². The first-order valence-corrected chi connectivity index (χ1v) is 5.01. The molecular formula is C10H21NO. The van der Waals surface area contributed by atoms with E-state index in [9.17, 15) is 4.79 Å². The molecule has 0 aromatic carbocycles. The van der Waals surface area contributed by atoms with Crippen molar-refractivity contribution in [1.82, 2.24) is 4.90 Å². The lowest BCUT2D eigenvalue weighted by Gasteiger charge is -2.11. The molecule has 0 bridgehead atoms. The molecule has 1 aliphatic heterocycles. The Morgan fingerprint density at radius 1 is 1.25 bits per heavy atom. The van der Waals surface area contributed by atoms with Crippen LogP contribution in [0.25, 0.3) is 0 Å². The van der Waals surface area contributed by atoms with E-state index in [1.165, 1.54) is 25.9 Å². The molecule has 0 amide bonds. The summed E-state index contributed by atoms with van der Waals surface area (Å²) >= 11 is 0. The zero-order chi connectivity index (χ0) is 9.40. The summed E-state index contributed by atoms with van der Waals surface area (Å²) in [5, 5.41) is 0. The molecular weight excluding hydrogens is 150 g/mol. The minimum atomic E-state index is 0.312. The Kier molecular flexibility index (Phi) is 7.06. The van der Waals surface area contributed by atoms with E-state index in [1.54, 1.807) is 6.92 Å². The van der Waals surface area contributed by atoms with Crippen LogP contribution in [0, 0.1) is 0 Å². The summed E-state index contributed by atoms with van der Waals surface area (Å²) in [6.45, 7) is 9.05. The third-order valence-electron chi connectivity index (χ3n) is 1.98. The van der Waals surface area contributed by atoms with Gasteiger partial charge in [0.05, 0.1) is 0 Å². The lowest BCUT2D eigenvalue weighted by Crippen LogP contribution is -2.21. The number of carbonyl (C=O) groups is 1. The van der Waals surface area contributed by atoms with E-state index in [0.717, 1.165) is 13.0 Å². The van der Waals surface area contributed by atoms with Crippen LogP contribution in [-0.4, -0.2) is 30.3 Å². The highest BCUT2D eigenvalue weighted by Gasteiger charge is 2.10. The minimum absolute atomic E-state index is 0.312. The van der Waals surface area contributed by atoms with Gasteiger partial charge in [-0.25, -0.2) is 0 Å². The van der Waals surface area contributed by atoms with Crippen molar-refractivity contribution in [3.8, 4) is 0 Å². The van der Waals surface area contributed by atoms with Gasteiger partial charge in [-0.3, -0.25) is 4.79 Å². The SMILES string of the molecule is CC.CC(=O)CCN1CCCC1. The largest absolute Gasteiger partial charge is 0.303 e. The fourth-order valence-electron chi connectivity index (χ4n) is 1.32. The van der Waals surface area contributed by atoms with Crippen LogP contribution in [0.15, 0.2) is 0 Å². The van der Waals surface area contributed by atoms with E-state index in [1.807, 2.05) is 13.8 Å². The summed E-state index contributed by atoms with van der Waals surface area (Å²) in [4.78, 5) is 12.9. The average Bonchev–Trinajstić information content (AvgIpc) is 2.56. The van der Waals surface area contributed by atoms with E-state index in [2.05, 4.69) is 4.90 Å². The van der Waals surface area contributed by atoms with E-state index >= 15 is 0 Å². The van der Waals surface area contributed by atoms with Crippen molar-refractivity contribution in [1.29, 1.82) is 0 Å². The molecule has 0 unspecified atom stereocenters. The first kappa shape index (κ1) is 11.6. The molecule has 2 heteroatoms. The number of ketones is 1. The predicted octanol–water partition coefficient (Wildman–Crippen LogP) is 2.09. The molecule has 0 radical (unpaired) electrons. The lowest BCUT2D eigenvalue weighted by molar-refractivity contribution is -0.117. The van der Waals surface area contributed by atoms with Gasteiger partial charge in [0.15, 0.2) is 0 Å². The van der Waals surface area contributed by atoms with Crippen molar-refractivity contribution >= 4 is 5.78 Å². The van der Waals surface area contributed by atoms with Gasteiger partial charge in [-0.15, -0.1) is 0 Å². The Balaban J connectivity index is 0.000000561. The first-order chi connectivity index (χ1) is 5.79. The number of hydrogen-bond donors (Lipinski definition) is 0. The number of nitrogens with zero attached hydrogens (tertiary/aromatic N) is 1. The van der Waals surface area contributed by atoms with Crippen molar-refractivity contribution < 1.29 is 4.79 Å². The molecule has 0 spiro atoms. The molecule has 2 nitrogen and oxygen atoms in total. The van der Waals surface area contributed by atoms with Crippen molar-refractivity contribution in [2.24, 2.45) is 0 Å². The van der Waals surface area contributed by atoms with Crippen LogP contribution in [0.1, 0.15) is 40.0 Å². The van der Waals surface area contributed by atoms with Crippen molar-refractivity contribution in [2.45, 2.75) is 40.0 Å². The third kappa shape index (κ3) is 5.30. The summed E-state index contributed by atoms with van der Waals surface area (Å²) in [6, 6.07) is 0. The maximum Gasteiger partial charge on any atom is 0.131 e. The van der Waals surface area contributed by atoms with Crippen molar-refractivity contribution in [2.75, 3.05) is 19.6 Å². The quantitative estimate of drug-likeness (QED) is 0.648. The second-order valence-electron chi connectivity index (χ2n) is 3.00. The van der Waals surface area contributed by atoms with Crippen molar-refractivity contribution in [3.05, 3.63) is 0 Å². The van der Waals surface area contributed by atoms with E-state index in [0.29, 0.717) is 5.78 Å². The smallest absolute Gasteiger partial charge is 0.131 e. The molecule has 0 saturated carbocycles. The highest BCUT2D eigenvalue weighted by Crippen LogP contribution is 2.07. The number of rotatable bonds is 3. The third-order valence-corrected chi connectivity index (χ3v) is 1.98. The van der Waals surface area contributed by atoms with Gasteiger partial charge in [0.25, 0.3) is 0 Å². The van der Waals surface area contributed by atoms with Crippen molar-refractivity contribution in [3.63, 3.8) is 0 Å². The molecule has 0 atom stereocenters. The van der Waals surface area contributed by atoms with Gasteiger partial charge in [-0.2, -0.15) is 0 Å². The Hall–Kier alpha value is -0.370. The van der Waals surface area contributed by atoms with E-state index in [4.69, 9.17) is 0 Å². The second-order valence-corrected chi connectivity index (χ2v) is 3.00. The summed E-state index contributed by atoms with van der Waals surface area (Å²) in [6.07, 6.45) is 3.37. The van der Waals surface area contributed by atoms with Gasteiger partial charge in [-0.05, 0) is 32.9 Å². The lowest BCUT2D eigenvalue weighted by atomic mass is 10.3. The van der Waals surface area contributed by atoms with Crippen LogP contribution in [0.3, 0.4) is 0 Å². The molecule has 0 aliphatic carbocycles. The molecule has 12 heavy (non-hydrogen) atoms. The topological polar surface area (TPSA) is 20.3 Å². The second kappa shape index (κ2) is 7.29. The summed E-state index contributed by atoms with van der Waals surface area (Å²) < 4.78 is 0. The molecule has 0 N–H and O–H groups in total. The fourth-order valence-corrected chi connectivity index (χ4v) is 1.32.